The molecule has 0 unspecified atom stereocenters. The molecular formula is C22H28N2O2S. The zero-order valence-corrected chi connectivity index (χ0v) is 17.4. The van der Waals surface area contributed by atoms with Crippen LogP contribution in [0.25, 0.3) is 10.9 Å². The van der Waals surface area contributed by atoms with Crippen LogP contribution in [0.2, 0.25) is 0 Å². The Morgan fingerprint density at radius 1 is 1.15 bits per heavy atom. The summed E-state index contributed by atoms with van der Waals surface area (Å²) in [7, 11) is 0. The summed E-state index contributed by atoms with van der Waals surface area (Å²) in [5.41, 5.74) is 2.89. The van der Waals surface area contributed by atoms with Gasteiger partial charge in [-0.1, -0.05) is 27.7 Å². The van der Waals surface area contributed by atoms with Gasteiger partial charge < -0.3 is 10.3 Å². The number of nitrogens with one attached hydrogen (secondary N) is 2. The van der Waals surface area contributed by atoms with Crippen molar-refractivity contribution in [3.8, 4) is 0 Å². The van der Waals surface area contributed by atoms with Crippen LogP contribution in [0.15, 0.2) is 18.2 Å². The van der Waals surface area contributed by atoms with Crippen molar-refractivity contribution in [2.45, 2.75) is 58.4 Å². The Hall–Kier alpha value is -1.75. The van der Waals surface area contributed by atoms with E-state index in [0.717, 1.165) is 47.2 Å². The van der Waals surface area contributed by atoms with Gasteiger partial charge in [-0.15, -0.1) is 0 Å². The molecular weight excluding hydrogens is 356 g/mol. The molecule has 0 bridgehead atoms. The third-order valence-electron chi connectivity index (χ3n) is 6.02. The molecule has 4 rings (SSSR count). The fourth-order valence-electron chi connectivity index (χ4n) is 4.93. The average Bonchev–Trinajstić information content (AvgIpc) is 2.99. The zero-order valence-electron chi connectivity index (χ0n) is 16.6. The Kier molecular flexibility index (Phi) is 4.41. The maximum Gasteiger partial charge on any atom is 0.251 e. The quantitative estimate of drug-likeness (QED) is 0.790. The van der Waals surface area contributed by atoms with Crippen molar-refractivity contribution in [3.05, 3.63) is 35.0 Å². The van der Waals surface area contributed by atoms with Gasteiger partial charge in [0.2, 0.25) is 0 Å². The number of aromatic nitrogens is 1. The number of fused-ring (bicyclic) bond motifs is 3. The SMILES string of the molecule is CC1(C)CC(C)(C)c2c([nH]c3ccc(C(=O)NC4CCSCC4)cc23)C1=O. The second-order valence-electron chi connectivity index (χ2n) is 9.27. The monoisotopic (exact) mass is 384 g/mol. The molecule has 1 saturated heterocycles. The van der Waals surface area contributed by atoms with Gasteiger partial charge >= 0.3 is 0 Å². The molecule has 0 radical (unpaired) electrons. The topological polar surface area (TPSA) is 62.0 Å². The van der Waals surface area contributed by atoms with Crippen LogP contribution in [0.3, 0.4) is 0 Å². The standard InChI is InChI=1S/C22H28N2O2S/c1-21(2)12-22(3,4)19(25)18-17(21)15-11-13(5-6-16(15)24-18)20(26)23-14-7-9-27-10-8-14/h5-6,11,14,24H,7-10,12H2,1-4H3,(H,23,26). The summed E-state index contributed by atoms with van der Waals surface area (Å²) in [6, 6.07) is 6.04. The first-order chi connectivity index (χ1) is 12.7. The molecule has 1 fully saturated rings. The van der Waals surface area contributed by atoms with Crippen LogP contribution in [0.4, 0.5) is 0 Å². The minimum atomic E-state index is -0.378. The van der Waals surface area contributed by atoms with E-state index in [2.05, 4.69) is 24.1 Å². The number of carbonyl (C=O) groups excluding carboxylic acids is 2. The summed E-state index contributed by atoms with van der Waals surface area (Å²) < 4.78 is 0. The van der Waals surface area contributed by atoms with Gasteiger partial charge in [0.1, 0.15) is 0 Å². The summed E-state index contributed by atoms with van der Waals surface area (Å²) in [5, 5.41) is 4.19. The highest BCUT2D eigenvalue weighted by Crippen LogP contribution is 2.48. The van der Waals surface area contributed by atoms with Crippen molar-refractivity contribution in [1.82, 2.24) is 10.3 Å². The van der Waals surface area contributed by atoms with E-state index in [9.17, 15) is 9.59 Å². The maximum absolute atomic E-state index is 13.0. The van der Waals surface area contributed by atoms with Gasteiger partial charge in [0, 0.05) is 27.9 Å². The Morgan fingerprint density at radius 3 is 2.56 bits per heavy atom. The summed E-state index contributed by atoms with van der Waals surface area (Å²) >= 11 is 1.95. The number of H-pyrrole nitrogens is 1. The van der Waals surface area contributed by atoms with Crippen LogP contribution in [0.1, 0.15) is 73.4 Å². The van der Waals surface area contributed by atoms with Gasteiger partial charge in [0.25, 0.3) is 5.91 Å². The van der Waals surface area contributed by atoms with Crippen molar-refractivity contribution in [3.63, 3.8) is 0 Å². The number of ketones is 1. The molecule has 1 aromatic heterocycles. The van der Waals surface area contributed by atoms with Crippen LogP contribution < -0.4 is 5.32 Å². The molecule has 2 heterocycles. The van der Waals surface area contributed by atoms with E-state index in [4.69, 9.17) is 0 Å². The number of thioether (sulfide) groups is 1. The Labute approximate surface area is 164 Å². The van der Waals surface area contributed by atoms with E-state index in [1.807, 2.05) is 43.8 Å². The summed E-state index contributed by atoms with van der Waals surface area (Å²) in [6.45, 7) is 8.43. The van der Waals surface area contributed by atoms with Crippen molar-refractivity contribution in [2.24, 2.45) is 5.41 Å². The number of amides is 1. The molecule has 1 aliphatic carbocycles. The number of benzene rings is 1. The molecule has 0 atom stereocenters. The Morgan fingerprint density at radius 2 is 1.85 bits per heavy atom. The van der Waals surface area contributed by atoms with Crippen molar-refractivity contribution in [2.75, 3.05) is 11.5 Å². The summed E-state index contributed by atoms with van der Waals surface area (Å²) in [5.74, 6) is 2.38. The summed E-state index contributed by atoms with van der Waals surface area (Å²) in [6.07, 6.45) is 2.87. The van der Waals surface area contributed by atoms with E-state index in [1.54, 1.807) is 0 Å². The minimum Gasteiger partial charge on any atom is -0.352 e. The van der Waals surface area contributed by atoms with Gasteiger partial charge in [-0.2, -0.15) is 11.8 Å². The second-order valence-corrected chi connectivity index (χ2v) is 10.5. The first-order valence-corrected chi connectivity index (χ1v) is 10.9. The van der Waals surface area contributed by atoms with E-state index < -0.39 is 0 Å². The van der Waals surface area contributed by atoms with Crippen molar-refractivity contribution >= 4 is 34.4 Å². The third-order valence-corrected chi connectivity index (χ3v) is 7.07. The molecule has 144 valence electrons. The minimum absolute atomic E-state index is 0.0102. The van der Waals surface area contributed by atoms with Crippen LogP contribution >= 0.6 is 11.8 Å². The largest absolute Gasteiger partial charge is 0.352 e. The predicted octanol–water partition coefficient (Wildman–Crippen LogP) is 4.68. The van der Waals surface area contributed by atoms with Crippen LogP contribution in [0, 0.1) is 5.41 Å². The van der Waals surface area contributed by atoms with Crippen LogP contribution in [0.5, 0.6) is 0 Å². The zero-order chi connectivity index (χ0) is 19.4. The highest BCUT2D eigenvalue weighted by molar-refractivity contribution is 7.99. The van der Waals surface area contributed by atoms with E-state index >= 15 is 0 Å². The Balaban J connectivity index is 1.73. The van der Waals surface area contributed by atoms with Crippen molar-refractivity contribution < 1.29 is 9.59 Å². The number of Topliss-reactive ketones (excluding diaryl/α,β-unsaturated/α-hetero) is 1. The van der Waals surface area contributed by atoms with Crippen molar-refractivity contribution in [1.29, 1.82) is 0 Å². The van der Waals surface area contributed by atoms with Gasteiger partial charge in [-0.3, -0.25) is 9.59 Å². The number of aromatic amines is 1. The van der Waals surface area contributed by atoms with E-state index in [1.165, 1.54) is 0 Å². The van der Waals surface area contributed by atoms with Gasteiger partial charge in [-0.05, 0) is 59.9 Å². The number of hydrogen-bond donors (Lipinski definition) is 2. The third kappa shape index (κ3) is 3.20. The molecule has 1 aromatic carbocycles. The highest BCUT2D eigenvalue weighted by atomic mass is 32.2. The van der Waals surface area contributed by atoms with Gasteiger partial charge in [0.05, 0.1) is 5.69 Å². The molecule has 27 heavy (non-hydrogen) atoms. The van der Waals surface area contributed by atoms with Crippen LogP contribution in [-0.4, -0.2) is 34.2 Å². The maximum atomic E-state index is 13.0. The lowest BCUT2D eigenvalue weighted by atomic mass is 9.63. The first-order valence-electron chi connectivity index (χ1n) is 9.79. The van der Waals surface area contributed by atoms with Crippen LogP contribution in [-0.2, 0) is 5.41 Å². The average molecular weight is 385 g/mol. The Bertz CT molecular complexity index is 920. The predicted molar refractivity (Wildman–Crippen MR) is 112 cm³/mol. The fourth-order valence-corrected chi connectivity index (χ4v) is 6.04. The molecule has 0 saturated carbocycles. The fraction of sp³-hybridized carbons (Fsp3) is 0.545. The van der Waals surface area contributed by atoms with Gasteiger partial charge in [-0.25, -0.2) is 0 Å². The molecule has 5 heteroatoms. The highest BCUT2D eigenvalue weighted by Gasteiger charge is 2.45. The normalized spacial score (nSPS) is 21.9. The molecule has 2 N–H and O–H groups in total. The van der Waals surface area contributed by atoms with E-state index in [-0.39, 0.29) is 28.6 Å². The number of hydrogen-bond acceptors (Lipinski definition) is 3. The molecule has 0 spiro atoms. The molecule has 4 nitrogen and oxygen atoms in total. The first kappa shape index (κ1) is 18.6. The van der Waals surface area contributed by atoms with E-state index in [0.29, 0.717) is 11.3 Å². The number of rotatable bonds is 2. The summed E-state index contributed by atoms with van der Waals surface area (Å²) in [4.78, 5) is 29.1. The number of carbonyl (C=O) groups is 2. The molecule has 1 amide bonds. The lowest BCUT2D eigenvalue weighted by Crippen LogP contribution is -2.39. The second kappa shape index (κ2) is 6.40. The smallest absolute Gasteiger partial charge is 0.251 e. The molecule has 2 aromatic rings. The lowest BCUT2D eigenvalue weighted by Gasteiger charge is -2.39. The molecule has 2 aliphatic rings. The van der Waals surface area contributed by atoms with Gasteiger partial charge in [0.15, 0.2) is 5.78 Å². The lowest BCUT2D eigenvalue weighted by molar-refractivity contribution is 0.0759. The molecule has 1 aliphatic heterocycles.